The number of anilines is 3. The van der Waals surface area contributed by atoms with Crippen LogP contribution < -0.4 is 15.8 Å². The van der Waals surface area contributed by atoms with Gasteiger partial charge in [0.2, 0.25) is 5.95 Å². The van der Waals surface area contributed by atoms with E-state index in [1.807, 2.05) is 38.1 Å². The van der Waals surface area contributed by atoms with Gasteiger partial charge in [-0.3, -0.25) is 0 Å². The highest BCUT2D eigenvalue weighted by Gasteiger charge is 2.08. The highest BCUT2D eigenvalue weighted by molar-refractivity contribution is 5.82. The van der Waals surface area contributed by atoms with E-state index in [4.69, 9.17) is 10.5 Å². The topological polar surface area (TPSA) is 102 Å². The molecule has 3 rings (SSSR count). The Labute approximate surface area is 121 Å². The van der Waals surface area contributed by atoms with Crippen molar-refractivity contribution >= 4 is 28.6 Å². The summed E-state index contributed by atoms with van der Waals surface area (Å²) in [6.45, 7) is 3.96. The first kappa shape index (κ1) is 13.2. The molecule has 2 heterocycles. The monoisotopic (exact) mass is 284 g/mol. The molecule has 0 radical (unpaired) electrons. The second-order valence-corrected chi connectivity index (χ2v) is 4.85. The van der Waals surface area contributed by atoms with Crippen LogP contribution in [0.4, 0.5) is 17.5 Å². The number of aromatic amines is 1. The van der Waals surface area contributed by atoms with Gasteiger partial charge in [0, 0.05) is 11.8 Å². The zero-order valence-electron chi connectivity index (χ0n) is 11.8. The van der Waals surface area contributed by atoms with Crippen LogP contribution in [0.2, 0.25) is 0 Å². The average Bonchev–Trinajstić information content (AvgIpc) is 2.87. The number of benzene rings is 1. The van der Waals surface area contributed by atoms with Gasteiger partial charge >= 0.3 is 0 Å². The van der Waals surface area contributed by atoms with Crippen LogP contribution in [0.5, 0.6) is 5.75 Å². The van der Waals surface area contributed by atoms with Gasteiger partial charge in [0.05, 0.1) is 12.4 Å². The first-order valence-corrected chi connectivity index (χ1v) is 6.62. The Morgan fingerprint density at radius 2 is 2.14 bits per heavy atom. The third-order valence-electron chi connectivity index (χ3n) is 2.78. The van der Waals surface area contributed by atoms with Gasteiger partial charge in [-0.15, -0.1) is 0 Å². The highest BCUT2D eigenvalue weighted by Crippen LogP contribution is 2.22. The Bertz CT molecular complexity index is 767. The summed E-state index contributed by atoms with van der Waals surface area (Å²) < 4.78 is 5.65. The van der Waals surface area contributed by atoms with Gasteiger partial charge in [-0.25, -0.2) is 4.98 Å². The van der Waals surface area contributed by atoms with E-state index in [1.165, 1.54) is 6.33 Å². The fourth-order valence-electron chi connectivity index (χ4n) is 1.96. The Hall–Kier alpha value is -2.83. The number of nitrogens with one attached hydrogen (secondary N) is 2. The average molecular weight is 284 g/mol. The summed E-state index contributed by atoms with van der Waals surface area (Å²) in [6, 6.07) is 7.59. The molecule has 0 spiro atoms. The lowest BCUT2D eigenvalue weighted by atomic mass is 10.3. The number of rotatable bonds is 4. The van der Waals surface area contributed by atoms with Crippen LogP contribution in [0.1, 0.15) is 13.8 Å². The predicted octanol–water partition coefficient (Wildman–Crippen LogP) is 2.47. The number of ether oxygens (including phenoxy) is 1. The van der Waals surface area contributed by atoms with Crippen LogP contribution in [-0.4, -0.2) is 26.0 Å². The lowest BCUT2D eigenvalue weighted by molar-refractivity contribution is 0.242. The van der Waals surface area contributed by atoms with E-state index in [0.717, 1.165) is 11.4 Å². The number of imidazole rings is 1. The minimum absolute atomic E-state index is 0.118. The van der Waals surface area contributed by atoms with Crippen molar-refractivity contribution < 1.29 is 4.74 Å². The van der Waals surface area contributed by atoms with Crippen molar-refractivity contribution in [3.63, 3.8) is 0 Å². The highest BCUT2D eigenvalue weighted by atomic mass is 16.5. The molecule has 0 unspecified atom stereocenters. The summed E-state index contributed by atoms with van der Waals surface area (Å²) in [5, 5.41) is 3.10. The number of nitrogen functional groups attached to an aromatic ring is 1. The first-order chi connectivity index (χ1) is 10.1. The van der Waals surface area contributed by atoms with Crippen LogP contribution in [0, 0.1) is 0 Å². The SMILES string of the molecule is CC(C)Oc1cccc(Nc2nc(N)c3[nH]cnc3n2)c1. The molecule has 0 atom stereocenters. The maximum Gasteiger partial charge on any atom is 0.231 e. The van der Waals surface area contributed by atoms with Crippen molar-refractivity contribution in [3.8, 4) is 5.75 Å². The lowest BCUT2D eigenvalue weighted by Crippen LogP contribution is -2.06. The summed E-state index contributed by atoms with van der Waals surface area (Å²) >= 11 is 0. The number of hydrogen-bond donors (Lipinski definition) is 3. The van der Waals surface area contributed by atoms with Crippen molar-refractivity contribution in [1.29, 1.82) is 0 Å². The number of H-pyrrole nitrogens is 1. The molecular formula is C14H16N6O. The second-order valence-electron chi connectivity index (χ2n) is 4.85. The van der Waals surface area contributed by atoms with E-state index in [2.05, 4.69) is 25.3 Å². The maximum atomic E-state index is 5.86. The Morgan fingerprint density at radius 1 is 1.29 bits per heavy atom. The predicted molar refractivity (Wildman–Crippen MR) is 81.6 cm³/mol. The molecule has 1 aromatic carbocycles. The van der Waals surface area contributed by atoms with Gasteiger partial charge in [0.1, 0.15) is 11.3 Å². The van der Waals surface area contributed by atoms with E-state index in [1.54, 1.807) is 0 Å². The van der Waals surface area contributed by atoms with Gasteiger partial charge in [0.15, 0.2) is 11.5 Å². The Balaban J connectivity index is 1.87. The van der Waals surface area contributed by atoms with Crippen molar-refractivity contribution in [2.24, 2.45) is 0 Å². The van der Waals surface area contributed by atoms with E-state index in [9.17, 15) is 0 Å². The molecule has 0 amide bonds. The van der Waals surface area contributed by atoms with Gasteiger partial charge in [-0.1, -0.05) is 6.07 Å². The fraction of sp³-hybridized carbons (Fsp3) is 0.214. The fourth-order valence-corrected chi connectivity index (χ4v) is 1.96. The van der Waals surface area contributed by atoms with Crippen LogP contribution in [-0.2, 0) is 0 Å². The molecule has 7 nitrogen and oxygen atoms in total. The second kappa shape index (κ2) is 5.28. The number of nitrogens with two attached hydrogens (primary N) is 1. The molecule has 0 saturated carbocycles. The smallest absolute Gasteiger partial charge is 0.231 e. The van der Waals surface area contributed by atoms with Gasteiger partial charge < -0.3 is 20.8 Å². The summed E-state index contributed by atoms with van der Waals surface area (Å²) in [7, 11) is 0. The molecule has 7 heteroatoms. The van der Waals surface area contributed by atoms with Crippen molar-refractivity contribution in [1.82, 2.24) is 19.9 Å². The van der Waals surface area contributed by atoms with Crippen LogP contribution in [0.3, 0.4) is 0 Å². The standard InChI is InChI=1S/C14H16N6O/c1-8(2)21-10-5-3-4-9(6-10)18-14-19-12(15)11-13(20-14)17-7-16-11/h3-8H,1-2H3,(H4,15,16,17,18,19,20). The summed E-state index contributed by atoms with van der Waals surface area (Å²) in [6.07, 6.45) is 1.66. The van der Waals surface area contributed by atoms with Crippen molar-refractivity contribution in [3.05, 3.63) is 30.6 Å². The molecule has 0 saturated heterocycles. The summed E-state index contributed by atoms with van der Waals surface area (Å²) in [5.41, 5.74) is 7.85. The third kappa shape index (κ3) is 2.86. The Kier molecular flexibility index (Phi) is 3.31. The number of nitrogens with zero attached hydrogens (tertiary/aromatic N) is 3. The third-order valence-corrected chi connectivity index (χ3v) is 2.78. The van der Waals surface area contributed by atoms with Crippen LogP contribution in [0.25, 0.3) is 11.2 Å². The summed E-state index contributed by atoms with van der Waals surface area (Å²) in [5.74, 6) is 1.53. The van der Waals surface area contributed by atoms with Gasteiger partial charge in [0.25, 0.3) is 0 Å². The van der Waals surface area contributed by atoms with E-state index in [-0.39, 0.29) is 6.10 Å². The lowest BCUT2D eigenvalue weighted by Gasteiger charge is -2.11. The molecule has 0 aliphatic rings. The minimum Gasteiger partial charge on any atom is -0.491 e. The van der Waals surface area contributed by atoms with Crippen molar-refractivity contribution in [2.45, 2.75) is 20.0 Å². The molecule has 3 aromatic rings. The molecular weight excluding hydrogens is 268 g/mol. The van der Waals surface area contributed by atoms with E-state index >= 15 is 0 Å². The molecule has 0 aliphatic heterocycles. The normalized spacial score (nSPS) is 11.0. The minimum atomic E-state index is 0.118. The maximum absolute atomic E-state index is 5.86. The zero-order chi connectivity index (χ0) is 14.8. The van der Waals surface area contributed by atoms with E-state index in [0.29, 0.717) is 22.9 Å². The van der Waals surface area contributed by atoms with E-state index < -0.39 is 0 Å². The number of aromatic nitrogens is 4. The molecule has 0 fully saturated rings. The van der Waals surface area contributed by atoms with Crippen LogP contribution in [0.15, 0.2) is 30.6 Å². The largest absolute Gasteiger partial charge is 0.491 e. The number of fused-ring (bicyclic) bond motifs is 1. The quantitative estimate of drug-likeness (QED) is 0.680. The zero-order valence-corrected chi connectivity index (χ0v) is 11.8. The molecule has 0 bridgehead atoms. The van der Waals surface area contributed by atoms with Gasteiger partial charge in [-0.2, -0.15) is 9.97 Å². The molecule has 108 valence electrons. The Morgan fingerprint density at radius 3 is 2.95 bits per heavy atom. The molecule has 21 heavy (non-hydrogen) atoms. The van der Waals surface area contributed by atoms with Gasteiger partial charge in [-0.05, 0) is 26.0 Å². The number of hydrogen-bond acceptors (Lipinski definition) is 6. The summed E-state index contributed by atoms with van der Waals surface area (Å²) in [4.78, 5) is 15.5. The van der Waals surface area contributed by atoms with Crippen LogP contribution >= 0.6 is 0 Å². The molecule has 4 N–H and O–H groups in total. The molecule has 2 aromatic heterocycles. The van der Waals surface area contributed by atoms with Crippen molar-refractivity contribution in [2.75, 3.05) is 11.1 Å². The first-order valence-electron chi connectivity index (χ1n) is 6.62. The molecule has 0 aliphatic carbocycles.